The Morgan fingerprint density at radius 3 is 2.40 bits per heavy atom. The van der Waals surface area contributed by atoms with Gasteiger partial charge in [0.25, 0.3) is 5.69 Å². The maximum absolute atomic E-state index is 12.5. The lowest BCUT2D eigenvalue weighted by atomic mass is 9.82. The van der Waals surface area contributed by atoms with E-state index in [1.54, 1.807) is 23.1 Å². The van der Waals surface area contributed by atoms with Crippen LogP contribution < -0.4 is 4.90 Å². The van der Waals surface area contributed by atoms with Crippen molar-refractivity contribution in [3.63, 3.8) is 0 Å². The fourth-order valence-electron chi connectivity index (χ4n) is 3.86. The van der Waals surface area contributed by atoms with E-state index < -0.39 is 5.60 Å². The van der Waals surface area contributed by atoms with Gasteiger partial charge in [0.2, 0.25) is 5.91 Å². The molecule has 3 rings (SSSR count). The van der Waals surface area contributed by atoms with Crippen LogP contribution in [0.15, 0.2) is 24.3 Å². The number of carbonyl (C=O) groups excluding carboxylic acids is 1. The molecule has 0 atom stereocenters. The van der Waals surface area contributed by atoms with E-state index in [2.05, 4.69) is 0 Å². The van der Waals surface area contributed by atoms with Crippen molar-refractivity contribution in [3.8, 4) is 0 Å². The molecule has 1 aliphatic carbocycles. The first-order valence-corrected chi connectivity index (χ1v) is 8.97. The van der Waals surface area contributed by atoms with Gasteiger partial charge in [0.1, 0.15) is 5.69 Å². The zero-order valence-corrected chi connectivity index (χ0v) is 14.4. The second-order valence-corrected chi connectivity index (χ2v) is 7.08. The van der Waals surface area contributed by atoms with Crippen LogP contribution in [0.1, 0.15) is 38.5 Å². The first-order chi connectivity index (χ1) is 12.0. The number of amides is 1. The van der Waals surface area contributed by atoms with Crippen molar-refractivity contribution in [1.82, 2.24) is 4.90 Å². The van der Waals surface area contributed by atoms with Crippen molar-refractivity contribution in [2.24, 2.45) is 0 Å². The predicted octanol–water partition coefficient (Wildman–Crippen LogP) is 2.33. The van der Waals surface area contributed by atoms with Gasteiger partial charge in [-0.1, -0.05) is 31.4 Å². The summed E-state index contributed by atoms with van der Waals surface area (Å²) >= 11 is 0. The molecule has 1 amide bonds. The summed E-state index contributed by atoms with van der Waals surface area (Å²) in [7, 11) is 0. The summed E-state index contributed by atoms with van der Waals surface area (Å²) in [5, 5.41) is 21.7. The Bertz CT molecular complexity index is 635. The van der Waals surface area contributed by atoms with E-state index >= 15 is 0 Å². The molecule has 0 unspecified atom stereocenters. The number of hydrogen-bond acceptors (Lipinski definition) is 5. The van der Waals surface area contributed by atoms with Gasteiger partial charge < -0.3 is 14.9 Å². The molecule has 7 heteroatoms. The van der Waals surface area contributed by atoms with Crippen LogP contribution in [0.5, 0.6) is 0 Å². The van der Waals surface area contributed by atoms with E-state index in [9.17, 15) is 20.0 Å². The minimum atomic E-state index is -0.843. The monoisotopic (exact) mass is 347 g/mol. The minimum absolute atomic E-state index is 0.00777. The second kappa shape index (κ2) is 7.39. The van der Waals surface area contributed by atoms with Gasteiger partial charge in [0, 0.05) is 32.2 Å². The number of piperazine rings is 1. The summed E-state index contributed by atoms with van der Waals surface area (Å²) in [6.45, 7) is 2.19. The largest absolute Gasteiger partial charge is 0.389 e. The average molecular weight is 347 g/mol. The molecule has 2 aliphatic rings. The van der Waals surface area contributed by atoms with E-state index in [1.807, 2.05) is 4.90 Å². The lowest BCUT2D eigenvalue weighted by Gasteiger charge is -2.38. The van der Waals surface area contributed by atoms with Gasteiger partial charge in [-0.15, -0.1) is 0 Å². The summed E-state index contributed by atoms with van der Waals surface area (Å²) in [5.41, 5.74) is -0.144. The molecular formula is C18H25N3O4. The average Bonchev–Trinajstić information content (AvgIpc) is 2.62. The molecule has 1 saturated heterocycles. The summed E-state index contributed by atoms with van der Waals surface area (Å²) in [6.07, 6.45) is 4.69. The summed E-state index contributed by atoms with van der Waals surface area (Å²) in [6, 6.07) is 6.70. The molecule has 0 aromatic heterocycles. The lowest BCUT2D eigenvalue weighted by Crippen LogP contribution is -2.50. The third-order valence-electron chi connectivity index (χ3n) is 5.32. The number of nitro benzene ring substituents is 1. The van der Waals surface area contributed by atoms with Crippen LogP contribution in [0.25, 0.3) is 0 Å². The number of hydrogen-bond donors (Lipinski definition) is 1. The highest BCUT2D eigenvalue weighted by Gasteiger charge is 2.34. The maximum atomic E-state index is 12.5. The van der Waals surface area contributed by atoms with Crippen LogP contribution in [0.2, 0.25) is 0 Å². The highest BCUT2D eigenvalue weighted by molar-refractivity contribution is 5.77. The summed E-state index contributed by atoms with van der Waals surface area (Å²) in [4.78, 5) is 27.1. The molecule has 0 bridgehead atoms. The molecule has 1 saturated carbocycles. The van der Waals surface area contributed by atoms with Crippen molar-refractivity contribution < 1.29 is 14.8 Å². The Balaban J connectivity index is 1.58. The third-order valence-corrected chi connectivity index (χ3v) is 5.32. The van der Waals surface area contributed by atoms with E-state index in [0.29, 0.717) is 44.7 Å². The van der Waals surface area contributed by atoms with Gasteiger partial charge in [0.05, 0.1) is 16.9 Å². The van der Waals surface area contributed by atoms with Gasteiger partial charge in [-0.3, -0.25) is 14.9 Å². The molecule has 1 aliphatic heterocycles. The van der Waals surface area contributed by atoms with Crippen molar-refractivity contribution in [1.29, 1.82) is 0 Å². The lowest BCUT2D eigenvalue weighted by molar-refractivity contribution is -0.384. The number of aliphatic hydroxyl groups is 1. The predicted molar refractivity (Wildman–Crippen MR) is 94.5 cm³/mol. The fraction of sp³-hybridized carbons (Fsp3) is 0.611. The van der Waals surface area contributed by atoms with Gasteiger partial charge in [-0.05, 0) is 18.9 Å². The molecular weight excluding hydrogens is 322 g/mol. The van der Waals surface area contributed by atoms with E-state index in [4.69, 9.17) is 0 Å². The minimum Gasteiger partial charge on any atom is -0.389 e. The molecule has 136 valence electrons. The van der Waals surface area contributed by atoms with Gasteiger partial charge in [-0.2, -0.15) is 0 Å². The number of para-hydroxylation sites is 2. The molecule has 1 heterocycles. The molecule has 25 heavy (non-hydrogen) atoms. The quantitative estimate of drug-likeness (QED) is 0.667. The van der Waals surface area contributed by atoms with Crippen LogP contribution >= 0.6 is 0 Å². The second-order valence-electron chi connectivity index (χ2n) is 7.08. The van der Waals surface area contributed by atoms with Crippen molar-refractivity contribution in [2.75, 3.05) is 31.1 Å². The SMILES string of the molecule is O=C(CC1(O)CCCCC1)N1CCN(c2ccccc2[N+](=O)[O-])CC1. The van der Waals surface area contributed by atoms with Crippen LogP contribution in [0, 0.1) is 10.1 Å². The first kappa shape index (κ1) is 17.7. The normalized spacial score (nSPS) is 20.4. The van der Waals surface area contributed by atoms with Crippen molar-refractivity contribution in [2.45, 2.75) is 44.1 Å². The molecule has 1 aromatic rings. The van der Waals surface area contributed by atoms with Crippen LogP contribution in [-0.2, 0) is 4.79 Å². The number of carbonyl (C=O) groups is 1. The first-order valence-electron chi connectivity index (χ1n) is 8.97. The molecule has 2 fully saturated rings. The molecule has 1 aromatic carbocycles. The third kappa shape index (κ3) is 4.10. The molecule has 0 radical (unpaired) electrons. The Labute approximate surface area is 147 Å². The highest BCUT2D eigenvalue weighted by atomic mass is 16.6. The number of rotatable bonds is 4. The summed E-state index contributed by atoms with van der Waals surface area (Å²) < 4.78 is 0. The molecule has 7 nitrogen and oxygen atoms in total. The van der Waals surface area contributed by atoms with E-state index in [-0.39, 0.29) is 22.9 Å². The molecule has 0 spiro atoms. The van der Waals surface area contributed by atoms with Gasteiger partial charge in [0.15, 0.2) is 0 Å². The standard InChI is InChI=1S/C18H25N3O4/c22-17(14-18(23)8-4-1-5-9-18)20-12-10-19(11-13-20)15-6-2-3-7-16(15)21(24)25/h2-3,6-7,23H,1,4-5,8-14H2. The highest BCUT2D eigenvalue weighted by Crippen LogP contribution is 2.32. The zero-order chi connectivity index (χ0) is 17.9. The van der Waals surface area contributed by atoms with Gasteiger partial charge >= 0.3 is 0 Å². The Kier molecular flexibility index (Phi) is 5.22. The number of nitrogens with zero attached hydrogens (tertiary/aromatic N) is 3. The smallest absolute Gasteiger partial charge is 0.292 e. The Hall–Kier alpha value is -2.15. The maximum Gasteiger partial charge on any atom is 0.292 e. The topological polar surface area (TPSA) is 86.9 Å². The van der Waals surface area contributed by atoms with Crippen LogP contribution in [0.4, 0.5) is 11.4 Å². The number of nitro groups is 1. The van der Waals surface area contributed by atoms with Crippen LogP contribution in [0.3, 0.4) is 0 Å². The molecule has 1 N–H and O–H groups in total. The number of benzene rings is 1. The van der Waals surface area contributed by atoms with E-state index in [0.717, 1.165) is 19.3 Å². The number of anilines is 1. The van der Waals surface area contributed by atoms with Crippen molar-refractivity contribution in [3.05, 3.63) is 34.4 Å². The van der Waals surface area contributed by atoms with Crippen LogP contribution in [-0.4, -0.2) is 52.6 Å². The zero-order valence-electron chi connectivity index (χ0n) is 14.4. The Morgan fingerprint density at radius 2 is 1.76 bits per heavy atom. The van der Waals surface area contributed by atoms with Crippen molar-refractivity contribution >= 4 is 17.3 Å². The fourth-order valence-corrected chi connectivity index (χ4v) is 3.86. The summed E-state index contributed by atoms with van der Waals surface area (Å²) in [5.74, 6) is -0.00777. The van der Waals surface area contributed by atoms with Gasteiger partial charge in [-0.25, -0.2) is 0 Å². The Morgan fingerprint density at radius 1 is 1.12 bits per heavy atom. The van der Waals surface area contributed by atoms with E-state index in [1.165, 1.54) is 6.07 Å².